The lowest BCUT2D eigenvalue weighted by Gasteiger charge is -2.17. The molecule has 0 saturated heterocycles. The Labute approximate surface area is 97.7 Å². The zero-order valence-corrected chi connectivity index (χ0v) is 10.2. The van der Waals surface area contributed by atoms with Gasteiger partial charge in [0.15, 0.2) is 0 Å². The molecule has 1 aromatic rings. The van der Waals surface area contributed by atoms with E-state index in [0.29, 0.717) is 6.54 Å². The van der Waals surface area contributed by atoms with Crippen LogP contribution in [0.4, 0.5) is 0 Å². The highest BCUT2D eigenvalue weighted by molar-refractivity contribution is 5.19. The van der Waals surface area contributed by atoms with E-state index >= 15 is 0 Å². The highest BCUT2D eigenvalue weighted by Gasteiger charge is 2.33. The van der Waals surface area contributed by atoms with Gasteiger partial charge in [-0.25, -0.2) is 0 Å². The van der Waals surface area contributed by atoms with Crippen molar-refractivity contribution in [2.24, 2.45) is 17.6 Å². The normalized spacial score (nSPS) is 23.8. The third-order valence-electron chi connectivity index (χ3n) is 3.44. The molecule has 0 radical (unpaired) electrons. The van der Waals surface area contributed by atoms with E-state index in [0.717, 1.165) is 24.1 Å². The van der Waals surface area contributed by atoms with Crippen molar-refractivity contribution in [3.63, 3.8) is 0 Å². The van der Waals surface area contributed by atoms with Crippen LogP contribution in [-0.2, 0) is 13.1 Å². The first-order valence-electron chi connectivity index (χ1n) is 6.02. The largest absolute Gasteiger partial charge is 0.325 e. The van der Waals surface area contributed by atoms with Gasteiger partial charge in [-0.15, -0.1) is 0 Å². The minimum atomic E-state index is 0.532. The van der Waals surface area contributed by atoms with Crippen molar-refractivity contribution in [3.05, 3.63) is 29.6 Å². The van der Waals surface area contributed by atoms with Gasteiger partial charge in [0.1, 0.15) is 0 Å². The SMILES string of the molecule is CC1CC1CN(C)Cc1cccnc1CN. The molecule has 0 aromatic carbocycles. The number of nitrogens with two attached hydrogens (primary N) is 1. The summed E-state index contributed by atoms with van der Waals surface area (Å²) in [7, 11) is 2.18. The fourth-order valence-electron chi connectivity index (χ4n) is 2.21. The molecule has 1 fully saturated rings. The van der Waals surface area contributed by atoms with Gasteiger partial charge in [-0.2, -0.15) is 0 Å². The highest BCUT2D eigenvalue weighted by atomic mass is 15.1. The van der Waals surface area contributed by atoms with E-state index in [9.17, 15) is 0 Å². The molecule has 16 heavy (non-hydrogen) atoms. The minimum Gasteiger partial charge on any atom is -0.325 e. The highest BCUT2D eigenvalue weighted by Crippen LogP contribution is 2.38. The van der Waals surface area contributed by atoms with Gasteiger partial charge in [0, 0.05) is 25.8 Å². The van der Waals surface area contributed by atoms with Gasteiger partial charge in [-0.3, -0.25) is 4.98 Å². The third kappa shape index (κ3) is 2.80. The summed E-state index contributed by atoms with van der Waals surface area (Å²) in [6, 6.07) is 4.12. The quantitative estimate of drug-likeness (QED) is 0.818. The first-order valence-corrected chi connectivity index (χ1v) is 6.02. The summed E-state index contributed by atoms with van der Waals surface area (Å²) in [6.07, 6.45) is 3.20. The second-order valence-electron chi connectivity index (χ2n) is 4.98. The third-order valence-corrected chi connectivity index (χ3v) is 3.44. The molecule has 2 N–H and O–H groups in total. The molecule has 1 aliphatic carbocycles. The van der Waals surface area contributed by atoms with Crippen molar-refractivity contribution in [1.82, 2.24) is 9.88 Å². The van der Waals surface area contributed by atoms with E-state index in [2.05, 4.69) is 29.9 Å². The summed E-state index contributed by atoms with van der Waals surface area (Å²) in [4.78, 5) is 6.69. The number of rotatable bonds is 5. The van der Waals surface area contributed by atoms with Crippen LogP contribution in [-0.4, -0.2) is 23.5 Å². The van der Waals surface area contributed by atoms with Crippen molar-refractivity contribution in [2.75, 3.05) is 13.6 Å². The molecule has 0 bridgehead atoms. The topological polar surface area (TPSA) is 42.2 Å². The fraction of sp³-hybridized carbons (Fsp3) is 0.615. The molecule has 2 rings (SSSR count). The molecule has 3 nitrogen and oxygen atoms in total. The Morgan fingerprint density at radius 1 is 1.56 bits per heavy atom. The summed E-state index contributed by atoms with van der Waals surface area (Å²) in [5.74, 6) is 1.83. The van der Waals surface area contributed by atoms with Crippen LogP contribution in [0.25, 0.3) is 0 Å². The predicted molar refractivity (Wildman–Crippen MR) is 65.7 cm³/mol. The second kappa shape index (κ2) is 4.93. The Morgan fingerprint density at radius 3 is 2.94 bits per heavy atom. The molecule has 1 heterocycles. The lowest BCUT2D eigenvalue weighted by Crippen LogP contribution is -2.22. The maximum absolute atomic E-state index is 5.68. The van der Waals surface area contributed by atoms with Crippen LogP contribution >= 0.6 is 0 Å². The number of nitrogens with zero attached hydrogens (tertiary/aromatic N) is 2. The summed E-state index contributed by atoms with van der Waals surface area (Å²) < 4.78 is 0. The van der Waals surface area contributed by atoms with Crippen LogP contribution in [0.3, 0.4) is 0 Å². The maximum atomic E-state index is 5.68. The van der Waals surface area contributed by atoms with Gasteiger partial charge in [0.25, 0.3) is 0 Å². The van der Waals surface area contributed by atoms with Crippen LogP contribution in [0.1, 0.15) is 24.6 Å². The number of hydrogen-bond acceptors (Lipinski definition) is 3. The second-order valence-corrected chi connectivity index (χ2v) is 4.98. The van der Waals surface area contributed by atoms with E-state index in [-0.39, 0.29) is 0 Å². The number of pyridine rings is 1. The van der Waals surface area contributed by atoms with Gasteiger partial charge in [0.05, 0.1) is 5.69 Å². The van der Waals surface area contributed by atoms with E-state index in [1.165, 1.54) is 18.5 Å². The van der Waals surface area contributed by atoms with Crippen molar-refractivity contribution < 1.29 is 0 Å². The van der Waals surface area contributed by atoms with Gasteiger partial charge in [-0.1, -0.05) is 13.0 Å². The fourth-order valence-corrected chi connectivity index (χ4v) is 2.21. The molecular weight excluding hydrogens is 198 g/mol. The minimum absolute atomic E-state index is 0.532. The van der Waals surface area contributed by atoms with Crippen LogP contribution < -0.4 is 5.73 Å². The van der Waals surface area contributed by atoms with Gasteiger partial charge < -0.3 is 10.6 Å². The Balaban J connectivity index is 1.92. The molecule has 88 valence electrons. The average molecular weight is 219 g/mol. The molecule has 3 heteroatoms. The lowest BCUT2D eigenvalue weighted by molar-refractivity contribution is 0.306. The van der Waals surface area contributed by atoms with E-state index < -0.39 is 0 Å². The van der Waals surface area contributed by atoms with Crippen LogP contribution in [0.5, 0.6) is 0 Å². The predicted octanol–water partition coefficient (Wildman–Crippen LogP) is 1.63. The van der Waals surface area contributed by atoms with Crippen molar-refractivity contribution in [1.29, 1.82) is 0 Å². The molecule has 2 unspecified atom stereocenters. The molecule has 1 saturated carbocycles. The van der Waals surface area contributed by atoms with Gasteiger partial charge >= 0.3 is 0 Å². The first kappa shape index (κ1) is 11.6. The van der Waals surface area contributed by atoms with Crippen molar-refractivity contribution in [3.8, 4) is 0 Å². The van der Waals surface area contributed by atoms with Gasteiger partial charge in [-0.05, 0) is 36.9 Å². The molecular formula is C13H21N3. The summed E-state index contributed by atoms with van der Waals surface area (Å²) in [6.45, 7) is 5.02. The molecule has 1 aliphatic rings. The monoisotopic (exact) mass is 219 g/mol. The summed E-state index contributed by atoms with van der Waals surface area (Å²) in [5.41, 5.74) is 7.97. The van der Waals surface area contributed by atoms with Crippen LogP contribution in [0.15, 0.2) is 18.3 Å². The van der Waals surface area contributed by atoms with Crippen LogP contribution in [0.2, 0.25) is 0 Å². The van der Waals surface area contributed by atoms with E-state index in [1.54, 1.807) is 0 Å². The number of aromatic nitrogens is 1. The molecule has 1 aromatic heterocycles. The Morgan fingerprint density at radius 2 is 2.31 bits per heavy atom. The lowest BCUT2D eigenvalue weighted by atomic mass is 10.1. The average Bonchev–Trinajstić information content (AvgIpc) is 2.94. The Kier molecular flexibility index (Phi) is 3.56. The summed E-state index contributed by atoms with van der Waals surface area (Å²) >= 11 is 0. The maximum Gasteiger partial charge on any atom is 0.0584 e. The zero-order valence-electron chi connectivity index (χ0n) is 10.2. The summed E-state index contributed by atoms with van der Waals surface area (Å²) in [5, 5.41) is 0. The Hall–Kier alpha value is -0.930. The zero-order chi connectivity index (χ0) is 11.5. The van der Waals surface area contributed by atoms with Crippen LogP contribution in [0, 0.1) is 11.8 Å². The Bertz CT molecular complexity index is 351. The van der Waals surface area contributed by atoms with Crippen molar-refractivity contribution in [2.45, 2.75) is 26.4 Å². The number of hydrogen-bond donors (Lipinski definition) is 1. The van der Waals surface area contributed by atoms with Gasteiger partial charge in [0.2, 0.25) is 0 Å². The standard InChI is InChI=1S/C13H21N3/c1-10-6-12(10)9-16(2)8-11-4-3-5-15-13(11)7-14/h3-5,10,12H,6-9,14H2,1-2H3. The van der Waals surface area contributed by atoms with E-state index in [1.807, 2.05) is 12.3 Å². The van der Waals surface area contributed by atoms with E-state index in [4.69, 9.17) is 5.73 Å². The molecule has 0 spiro atoms. The first-order chi connectivity index (χ1) is 7.70. The smallest absolute Gasteiger partial charge is 0.0584 e. The molecule has 2 atom stereocenters. The van der Waals surface area contributed by atoms with Crippen molar-refractivity contribution >= 4 is 0 Å². The molecule has 0 aliphatic heterocycles. The molecule has 0 amide bonds.